The Morgan fingerprint density at radius 1 is 0.750 bits per heavy atom. The maximum absolute atomic E-state index is 11.7. The van der Waals surface area contributed by atoms with Gasteiger partial charge in [-0.25, -0.2) is 0 Å². The van der Waals surface area contributed by atoms with Crippen LogP contribution in [0.15, 0.2) is 48.5 Å². The number of hydrazine groups is 1. The number of hydrogen-bond donors (Lipinski definition) is 3. The van der Waals surface area contributed by atoms with Crippen LogP contribution in [0.3, 0.4) is 0 Å². The molecule has 148 valence electrons. The minimum atomic E-state index is -0.576. The maximum atomic E-state index is 11.7. The van der Waals surface area contributed by atoms with E-state index in [0.29, 0.717) is 11.5 Å². The summed E-state index contributed by atoms with van der Waals surface area (Å²) in [5.74, 6) is -0.426. The third-order valence-corrected chi connectivity index (χ3v) is 3.47. The molecule has 2 aromatic carbocycles. The highest BCUT2D eigenvalue weighted by molar-refractivity contribution is 5.87. The van der Waals surface area contributed by atoms with E-state index in [1.54, 1.807) is 24.3 Å². The highest BCUT2D eigenvalue weighted by Crippen LogP contribution is 2.15. The number of ether oxygens (including phenoxy) is 2. The summed E-state index contributed by atoms with van der Waals surface area (Å²) in [5.41, 5.74) is 6.46. The van der Waals surface area contributed by atoms with Crippen molar-refractivity contribution in [2.45, 2.75) is 13.8 Å². The van der Waals surface area contributed by atoms with E-state index in [9.17, 15) is 14.4 Å². The molecule has 2 aromatic rings. The zero-order valence-corrected chi connectivity index (χ0v) is 15.8. The van der Waals surface area contributed by atoms with E-state index in [2.05, 4.69) is 16.2 Å². The third kappa shape index (κ3) is 7.77. The molecule has 0 saturated heterocycles. The minimum absolute atomic E-state index is 0.215. The zero-order chi connectivity index (χ0) is 20.4. The highest BCUT2D eigenvalue weighted by atomic mass is 16.5. The van der Waals surface area contributed by atoms with Crippen molar-refractivity contribution in [1.29, 1.82) is 0 Å². The van der Waals surface area contributed by atoms with Gasteiger partial charge in [0.1, 0.15) is 11.5 Å². The van der Waals surface area contributed by atoms with Crippen molar-refractivity contribution < 1.29 is 23.9 Å². The normalized spacial score (nSPS) is 9.93. The van der Waals surface area contributed by atoms with Gasteiger partial charge in [-0.2, -0.15) is 0 Å². The molecule has 0 saturated carbocycles. The average molecular weight is 385 g/mol. The van der Waals surface area contributed by atoms with Gasteiger partial charge in [-0.15, -0.1) is 0 Å². The van der Waals surface area contributed by atoms with Gasteiger partial charge in [0, 0.05) is 0 Å². The smallest absolute Gasteiger partial charge is 0.276 e. The topological polar surface area (TPSA) is 106 Å². The molecular weight excluding hydrogens is 362 g/mol. The summed E-state index contributed by atoms with van der Waals surface area (Å²) >= 11 is 0. The Kier molecular flexibility index (Phi) is 7.83. The molecule has 0 fully saturated rings. The van der Waals surface area contributed by atoms with E-state index in [1.807, 2.05) is 38.1 Å². The predicted molar refractivity (Wildman–Crippen MR) is 103 cm³/mol. The Hall–Kier alpha value is -3.55. The predicted octanol–water partition coefficient (Wildman–Crippen LogP) is 1.02. The minimum Gasteiger partial charge on any atom is -0.484 e. The van der Waals surface area contributed by atoms with Crippen molar-refractivity contribution in [1.82, 2.24) is 16.2 Å². The first-order chi connectivity index (χ1) is 13.4. The van der Waals surface area contributed by atoms with E-state index >= 15 is 0 Å². The van der Waals surface area contributed by atoms with Crippen LogP contribution in [0, 0.1) is 13.8 Å². The van der Waals surface area contributed by atoms with Gasteiger partial charge in [0.05, 0.1) is 6.54 Å². The first-order valence-electron chi connectivity index (χ1n) is 8.65. The SMILES string of the molecule is Cc1cc(C)cc(OCC(=O)NNC(=O)CNC(=O)COc2ccccc2)c1. The molecule has 0 heterocycles. The largest absolute Gasteiger partial charge is 0.484 e. The number of para-hydroxylation sites is 1. The van der Waals surface area contributed by atoms with Crippen molar-refractivity contribution in [2.24, 2.45) is 0 Å². The molecule has 0 atom stereocenters. The molecule has 0 spiro atoms. The molecule has 28 heavy (non-hydrogen) atoms. The fourth-order valence-electron chi connectivity index (χ4n) is 2.28. The van der Waals surface area contributed by atoms with Gasteiger partial charge in [0.2, 0.25) is 0 Å². The third-order valence-electron chi connectivity index (χ3n) is 3.47. The molecule has 0 unspecified atom stereocenters. The number of nitrogens with one attached hydrogen (secondary N) is 3. The van der Waals surface area contributed by atoms with E-state index in [-0.39, 0.29) is 19.8 Å². The van der Waals surface area contributed by atoms with Crippen LogP contribution >= 0.6 is 0 Å². The summed E-state index contributed by atoms with van der Waals surface area (Å²) in [4.78, 5) is 35.0. The first-order valence-corrected chi connectivity index (χ1v) is 8.65. The standard InChI is InChI=1S/C20H23N3O5/c1-14-8-15(2)10-17(9-14)28-13-20(26)23-22-18(24)11-21-19(25)12-27-16-6-4-3-5-7-16/h3-10H,11-13H2,1-2H3,(H,21,25)(H,22,24)(H,23,26). The van der Waals surface area contributed by atoms with E-state index < -0.39 is 17.7 Å². The van der Waals surface area contributed by atoms with Crippen LogP contribution in [-0.2, 0) is 14.4 Å². The lowest BCUT2D eigenvalue weighted by Crippen LogP contribution is -2.48. The summed E-state index contributed by atoms with van der Waals surface area (Å²) in [6.07, 6.45) is 0. The van der Waals surface area contributed by atoms with Gasteiger partial charge in [-0.1, -0.05) is 24.3 Å². The fourth-order valence-corrected chi connectivity index (χ4v) is 2.28. The molecule has 8 heteroatoms. The molecule has 3 N–H and O–H groups in total. The Bertz CT molecular complexity index is 804. The second-order valence-electron chi connectivity index (χ2n) is 6.09. The first kappa shape index (κ1) is 20.8. The zero-order valence-electron chi connectivity index (χ0n) is 15.8. The van der Waals surface area contributed by atoms with Gasteiger partial charge >= 0.3 is 0 Å². The van der Waals surface area contributed by atoms with Crippen molar-refractivity contribution in [3.8, 4) is 11.5 Å². The van der Waals surface area contributed by atoms with Crippen LogP contribution < -0.4 is 25.6 Å². The summed E-state index contributed by atoms with van der Waals surface area (Å²) in [7, 11) is 0. The molecule has 0 aliphatic heterocycles. The van der Waals surface area contributed by atoms with Crippen LogP contribution in [-0.4, -0.2) is 37.5 Å². The average Bonchev–Trinajstić information content (AvgIpc) is 2.67. The van der Waals surface area contributed by atoms with Crippen LogP contribution in [0.4, 0.5) is 0 Å². The quantitative estimate of drug-likeness (QED) is 0.589. The lowest BCUT2D eigenvalue weighted by molar-refractivity contribution is -0.131. The van der Waals surface area contributed by atoms with Gasteiger partial charge in [0.25, 0.3) is 17.7 Å². The van der Waals surface area contributed by atoms with Crippen molar-refractivity contribution >= 4 is 17.7 Å². The van der Waals surface area contributed by atoms with Crippen molar-refractivity contribution in [3.63, 3.8) is 0 Å². The molecular formula is C20H23N3O5. The number of benzene rings is 2. The van der Waals surface area contributed by atoms with Crippen LogP contribution in [0.5, 0.6) is 11.5 Å². The van der Waals surface area contributed by atoms with Crippen LogP contribution in [0.25, 0.3) is 0 Å². The second-order valence-corrected chi connectivity index (χ2v) is 6.09. The van der Waals surface area contributed by atoms with Crippen molar-refractivity contribution in [2.75, 3.05) is 19.8 Å². The lowest BCUT2D eigenvalue weighted by atomic mass is 10.1. The summed E-state index contributed by atoms with van der Waals surface area (Å²) in [5, 5.41) is 2.39. The van der Waals surface area contributed by atoms with E-state index in [0.717, 1.165) is 11.1 Å². The summed E-state index contributed by atoms with van der Waals surface area (Å²) < 4.78 is 10.6. The number of rotatable bonds is 8. The number of carbonyl (C=O) groups is 3. The molecule has 2 rings (SSSR count). The second kappa shape index (κ2) is 10.6. The number of amides is 3. The Balaban J connectivity index is 1.60. The molecule has 8 nitrogen and oxygen atoms in total. The number of carbonyl (C=O) groups excluding carboxylic acids is 3. The van der Waals surface area contributed by atoms with Crippen molar-refractivity contribution in [3.05, 3.63) is 59.7 Å². The van der Waals surface area contributed by atoms with Crippen LogP contribution in [0.2, 0.25) is 0 Å². The molecule has 0 radical (unpaired) electrons. The maximum Gasteiger partial charge on any atom is 0.276 e. The van der Waals surface area contributed by atoms with Gasteiger partial charge < -0.3 is 14.8 Å². The number of hydrogen-bond acceptors (Lipinski definition) is 5. The van der Waals surface area contributed by atoms with Gasteiger partial charge in [0.15, 0.2) is 13.2 Å². The summed E-state index contributed by atoms with van der Waals surface area (Å²) in [6.45, 7) is 3.10. The molecule has 0 aliphatic rings. The highest BCUT2D eigenvalue weighted by Gasteiger charge is 2.08. The van der Waals surface area contributed by atoms with Gasteiger partial charge in [-0.3, -0.25) is 25.2 Å². The Morgan fingerprint density at radius 3 is 2.00 bits per heavy atom. The van der Waals surface area contributed by atoms with Gasteiger partial charge in [-0.05, 0) is 49.2 Å². The molecule has 0 bridgehead atoms. The number of aryl methyl sites for hydroxylation is 2. The molecule has 0 aliphatic carbocycles. The molecule has 3 amide bonds. The van der Waals surface area contributed by atoms with Crippen LogP contribution in [0.1, 0.15) is 11.1 Å². The monoisotopic (exact) mass is 385 g/mol. The van der Waals surface area contributed by atoms with E-state index in [4.69, 9.17) is 9.47 Å². The fraction of sp³-hybridized carbons (Fsp3) is 0.250. The Labute approximate surface area is 163 Å². The summed E-state index contributed by atoms with van der Waals surface area (Å²) in [6, 6.07) is 14.5. The van der Waals surface area contributed by atoms with E-state index in [1.165, 1.54) is 0 Å². The molecule has 0 aromatic heterocycles. The lowest BCUT2D eigenvalue weighted by Gasteiger charge is -2.10. The Morgan fingerprint density at radius 2 is 1.32 bits per heavy atom.